The van der Waals surface area contributed by atoms with Gasteiger partial charge in [0, 0.05) is 18.8 Å². The van der Waals surface area contributed by atoms with Crippen LogP contribution < -0.4 is 5.32 Å². The Morgan fingerprint density at radius 3 is 2.48 bits per heavy atom. The normalized spacial score (nSPS) is 15.2. The second-order valence-corrected chi connectivity index (χ2v) is 8.77. The first-order valence-corrected chi connectivity index (χ1v) is 10.9. The molecule has 0 saturated carbocycles. The molecule has 0 radical (unpaired) electrons. The lowest BCUT2D eigenvalue weighted by molar-refractivity contribution is 0.102. The zero-order chi connectivity index (χ0) is 20.3. The summed E-state index contributed by atoms with van der Waals surface area (Å²) in [4.78, 5) is 12.7. The molecule has 1 saturated heterocycles. The molecule has 1 N–H and O–H groups in total. The minimum atomic E-state index is -3.57. The van der Waals surface area contributed by atoms with Gasteiger partial charge in [0.2, 0.25) is 10.0 Å². The Balaban J connectivity index is 1.51. The Morgan fingerprint density at radius 2 is 1.72 bits per heavy atom. The first-order valence-electron chi connectivity index (χ1n) is 9.43. The van der Waals surface area contributed by atoms with Crippen molar-refractivity contribution in [1.29, 1.82) is 0 Å². The number of anilines is 1. The smallest absolute Gasteiger partial charge is 0.277 e. The van der Waals surface area contributed by atoms with Crippen molar-refractivity contribution in [2.75, 3.05) is 18.4 Å². The number of sulfonamides is 1. The van der Waals surface area contributed by atoms with Gasteiger partial charge in [-0.15, -0.1) is 5.10 Å². The van der Waals surface area contributed by atoms with Crippen LogP contribution in [0.2, 0.25) is 0 Å². The van der Waals surface area contributed by atoms with Crippen LogP contribution in [0.3, 0.4) is 0 Å². The molecule has 1 fully saturated rings. The highest BCUT2D eigenvalue weighted by atomic mass is 32.2. The van der Waals surface area contributed by atoms with Crippen molar-refractivity contribution in [1.82, 2.24) is 19.3 Å². The van der Waals surface area contributed by atoms with Crippen molar-refractivity contribution in [3.8, 4) is 5.69 Å². The number of piperidine rings is 1. The molecule has 8 nitrogen and oxygen atoms in total. The SMILES string of the molecule is O=C(Nc1cccc(S(=O)(=O)N2CCCCC2)c1)c1cn(-c2ccccc2)nn1. The molecule has 0 bridgehead atoms. The van der Waals surface area contributed by atoms with E-state index in [4.69, 9.17) is 0 Å². The van der Waals surface area contributed by atoms with E-state index in [-0.39, 0.29) is 10.6 Å². The van der Waals surface area contributed by atoms with Crippen molar-refractivity contribution in [2.24, 2.45) is 0 Å². The number of aromatic nitrogens is 3. The van der Waals surface area contributed by atoms with Crippen molar-refractivity contribution < 1.29 is 13.2 Å². The molecular weight excluding hydrogens is 390 g/mol. The van der Waals surface area contributed by atoms with Crippen molar-refractivity contribution in [3.05, 3.63) is 66.5 Å². The van der Waals surface area contributed by atoms with E-state index in [2.05, 4.69) is 15.6 Å². The van der Waals surface area contributed by atoms with Crippen molar-refractivity contribution in [3.63, 3.8) is 0 Å². The third-order valence-electron chi connectivity index (χ3n) is 4.79. The number of carbonyl (C=O) groups is 1. The van der Waals surface area contributed by atoms with Gasteiger partial charge >= 0.3 is 0 Å². The number of nitrogens with one attached hydrogen (secondary N) is 1. The van der Waals surface area contributed by atoms with Crippen LogP contribution in [0.1, 0.15) is 29.8 Å². The van der Waals surface area contributed by atoms with Gasteiger partial charge in [-0.25, -0.2) is 13.1 Å². The van der Waals surface area contributed by atoms with Crippen molar-refractivity contribution in [2.45, 2.75) is 24.2 Å². The van der Waals surface area contributed by atoms with Crippen LogP contribution in [0.5, 0.6) is 0 Å². The molecule has 150 valence electrons. The molecule has 0 atom stereocenters. The highest BCUT2D eigenvalue weighted by Crippen LogP contribution is 2.23. The van der Waals surface area contributed by atoms with Gasteiger partial charge in [0.05, 0.1) is 16.8 Å². The number of hydrogen-bond donors (Lipinski definition) is 1. The molecule has 1 aromatic heterocycles. The van der Waals surface area contributed by atoms with Crippen LogP contribution in [-0.2, 0) is 10.0 Å². The predicted octanol–water partition coefficient (Wildman–Crippen LogP) is 2.69. The fourth-order valence-corrected chi connectivity index (χ4v) is 4.82. The lowest BCUT2D eigenvalue weighted by Crippen LogP contribution is -2.35. The molecule has 0 spiro atoms. The lowest BCUT2D eigenvalue weighted by atomic mass is 10.2. The topological polar surface area (TPSA) is 97.2 Å². The summed E-state index contributed by atoms with van der Waals surface area (Å²) in [6, 6.07) is 15.6. The summed E-state index contributed by atoms with van der Waals surface area (Å²) in [5, 5.41) is 10.6. The Kier molecular flexibility index (Phi) is 5.41. The number of carbonyl (C=O) groups excluding carboxylic acids is 1. The van der Waals surface area contributed by atoms with Crippen molar-refractivity contribution >= 4 is 21.6 Å². The third kappa shape index (κ3) is 4.20. The summed E-state index contributed by atoms with van der Waals surface area (Å²) in [6.45, 7) is 1.06. The molecule has 0 aliphatic carbocycles. The Labute approximate surface area is 169 Å². The van der Waals surface area contributed by atoms with E-state index in [1.54, 1.807) is 18.2 Å². The van der Waals surface area contributed by atoms with Crippen LogP contribution in [0, 0.1) is 0 Å². The highest BCUT2D eigenvalue weighted by molar-refractivity contribution is 7.89. The quantitative estimate of drug-likeness (QED) is 0.696. The second-order valence-electron chi connectivity index (χ2n) is 6.83. The van der Waals surface area contributed by atoms with Crippen LogP contribution in [-0.4, -0.2) is 46.7 Å². The molecule has 9 heteroatoms. The molecule has 2 aromatic carbocycles. The fourth-order valence-electron chi connectivity index (χ4n) is 3.26. The largest absolute Gasteiger partial charge is 0.321 e. The summed E-state index contributed by atoms with van der Waals surface area (Å²) in [6.07, 6.45) is 4.31. The molecule has 4 rings (SSSR count). The van der Waals surface area contributed by atoms with E-state index in [1.807, 2.05) is 30.3 Å². The van der Waals surface area contributed by atoms with Gasteiger partial charge in [0.25, 0.3) is 5.91 Å². The molecular formula is C20H21N5O3S. The summed E-state index contributed by atoms with van der Waals surface area (Å²) >= 11 is 0. The minimum Gasteiger partial charge on any atom is -0.321 e. The minimum absolute atomic E-state index is 0.137. The number of hydrogen-bond acceptors (Lipinski definition) is 5. The van der Waals surface area contributed by atoms with E-state index in [0.29, 0.717) is 18.8 Å². The maximum Gasteiger partial charge on any atom is 0.277 e. The molecule has 29 heavy (non-hydrogen) atoms. The van der Waals surface area contributed by atoms with Gasteiger partial charge in [-0.3, -0.25) is 4.79 Å². The average Bonchev–Trinajstić information content (AvgIpc) is 3.26. The Hall–Kier alpha value is -3.04. The fraction of sp³-hybridized carbons (Fsp3) is 0.250. The summed E-state index contributed by atoms with van der Waals surface area (Å²) in [5.74, 6) is -0.459. The molecule has 0 unspecified atom stereocenters. The molecule has 2 heterocycles. The van der Waals surface area contributed by atoms with Gasteiger partial charge in [-0.2, -0.15) is 4.31 Å². The number of rotatable bonds is 5. The van der Waals surface area contributed by atoms with Crippen LogP contribution in [0.25, 0.3) is 5.69 Å². The summed E-state index contributed by atoms with van der Waals surface area (Å²) in [7, 11) is -3.57. The monoisotopic (exact) mass is 411 g/mol. The Bertz CT molecular complexity index is 1110. The summed E-state index contributed by atoms with van der Waals surface area (Å²) in [5.41, 5.74) is 1.31. The van der Waals surface area contributed by atoms with E-state index < -0.39 is 15.9 Å². The Morgan fingerprint density at radius 1 is 0.966 bits per heavy atom. The van der Waals surface area contributed by atoms with Gasteiger partial charge in [0.1, 0.15) is 0 Å². The van der Waals surface area contributed by atoms with Crippen LogP contribution >= 0.6 is 0 Å². The van der Waals surface area contributed by atoms with Gasteiger partial charge in [0.15, 0.2) is 5.69 Å². The zero-order valence-electron chi connectivity index (χ0n) is 15.7. The van der Waals surface area contributed by atoms with Crippen LogP contribution in [0.4, 0.5) is 5.69 Å². The number of amides is 1. The number of nitrogens with zero attached hydrogens (tertiary/aromatic N) is 4. The zero-order valence-corrected chi connectivity index (χ0v) is 16.5. The van der Waals surface area contributed by atoms with E-state index >= 15 is 0 Å². The predicted molar refractivity (Wildman–Crippen MR) is 108 cm³/mol. The second kappa shape index (κ2) is 8.14. The highest BCUT2D eigenvalue weighted by Gasteiger charge is 2.26. The number of para-hydroxylation sites is 1. The van der Waals surface area contributed by atoms with Gasteiger partial charge in [-0.1, -0.05) is 35.9 Å². The molecule has 1 amide bonds. The standard InChI is InChI=1S/C20H21N5O3S/c26-20(19-15-25(23-22-19)17-9-3-1-4-10-17)21-16-8-7-11-18(14-16)29(27,28)24-12-5-2-6-13-24/h1,3-4,7-11,14-15H,2,5-6,12-13H2,(H,21,26). The van der Waals surface area contributed by atoms with E-state index in [9.17, 15) is 13.2 Å². The average molecular weight is 411 g/mol. The lowest BCUT2D eigenvalue weighted by Gasteiger charge is -2.26. The maximum absolute atomic E-state index is 12.8. The molecule has 3 aromatic rings. The first kappa shape index (κ1) is 19.3. The number of benzene rings is 2. The third-order valence-corrected chi connectivity index (χ3v) is 6.69. The maximum atomic E-state index is 12.8. The molecule has 1 aliphatic heterocycles. The van der Waals surface area contributed by atoms with Gasteiger partial charge < -0.3 is 5.32 Å². The first-order chi connectivity index (χ1) is 14.0. The summed E-state index contributed by atoms with van der Waals surface area (Å²) < 4.78 is 28.7. The van der Waals surface area contributed by atoms with E-state index in [1.165, 1.54) is 21.3 Å². The van der Waals surface area contributed by atoms with E-state index in [0.717, 1.165) is 24.9 Å². The van der Waals surface area contributed by atoms with Crippen LogP contribution in [0.15, 0.2) is 65.7 Å². The molecule has 1 aliphatic rings. The van der Waals surface area contributed by atoms with Gasteiger partial charge in [-0.05, 0) is 43.2 Å².